The van der Waals surface area contributed by atoms with Crippen molar-refractivity contribution in [3.05, 3.63) is 83.7 Å². The molecule has 0 N–H and O–H groups in total. The second-order valence-corrected chi connectivity index (χ2v) is 9.90. The number of para-hydroxylation sites is 1. The molecule has 0 amide bonds. The molecule has 35 heavy (non-hydrogen) atoms. The molecule has 0 radical (unpaired) electrons. The molecule has 0 atom stereocenters. The van der Waals surface area contributed by atoms with Crippen molar-refractivity contribution in [3.63, 3.8) is 0 Å². The van der Waals surface area contributed by atoms with Crippen molar-refractivity contribution in [2.45, 2.75) is 46.5 Å². The SMILES string of the molecule is Cc1ccc2c(n1)oc1c(-c3nccc4cc(-c5c(C(C)C)cccc5C(C)C)oc34)cccc12. The van der Waals surface area contributed by atoms with Gasteiger partial charge < -0.3 is 8.83 Å². The van der Waals surface area contributed by atoms with Crippen molar-refractivity contribution in [1.29, 1.82) is 0 Å². The first kappa shape index (κ1) is 21.6. The largest absolute Gasteiger partial charge is 0.454 e. The average molecular weight is 461 g/mol. The molecule has 0 saturated heterocycles. The first-order valence-corrected chi connectivity index (χ1v) is 12.2. The zero-order valence-electron chi connectivity index (χ0n) is 20.7. The van der Waals surface area contributed by atoms with Crippen LogP contribution in [-0.4, -0.2) is 9.97 Å². The summed E-state index contributed by atoms with van der Waals surface area (Å²) < 4.78 is 12.9. The summed E-state index contributed by atoms with van der Waals surface area (Å²) in [5.41, 5.74) is 8.61. The minimum absolute atomic E-state index is 0.384. The third-order valence-corrected chi connectivity index (χ3v) is 6.81. The Morgan fingerprint density at radius 2 is 1.49 bits per heavy atom. The highest BCUT2D eigenvalue weighted by atomic mass is 16.3. The molecule has 0 spiro atoms. The Hall–Kier alpha value is -3.92. The lowest BCUT2D eigenvalue weighted by atomic mass is 9.87. The quantitative estimate of drug-likeness (QED) is 0.263. The smallest absolute Gasteiger partial charge is 0.227 e. The van der Waals surface area contributed by atoms with Gasteiger partial charge in [0, 0.05) is 39.2 Å². The highest BCUT2D eigenvalue weighted by Crippen LogP contribution is 2.42. The average Bonchev–Trinajstić information content (AvgIpc) is 3.44. The van der Waals surface area contributed by atoms with E-state index in [1.807, 2.05) is 37.4 Å². The van der Waals surface area contributed by atoms with Gasteiger partial charge in [0.2, 0.25) is 5.71 Å². The van der Waals surface area contributed by atoms with E-state index in [4.69, 9.17) is 13.8 Å². The van der Waals surface area contributed by atoms with Crippen LogP contribution in [0.15, 0.2) is 75.7 Å². The first-order valence-electron chi connectivity index (χ1n) is 12.2. The molecule has 6 aromatic rings. The zero-order valence-corrected chi connectivity index (χ0v) is 20.7. The zero-order chi connectivity index (χ0) is 24.3. The molecule has 4 heterocycles. The number of rotatable bonds is 4. The Balaban J connectivity index is 1.61. The van der Waals surface area contributed by atoms with Crippen LogP contribution < -0.4 is 0 Å². The van der Waals surface area contributed by atoms with Gasteiger partial charge in [-0.1, -0.05) is 58.0 Å². The highest BCUT2D eigenvalue weighted by molar-refractivity contribution is 6.10. The van der Waals surface area contributed by atoms with E-state index in [0.717, 1.165) is 50.0 Å². The number of aryl methyl sites for hydroxylation is 1. The van der Waals surface area contributed by atoms with E-state index in [-0.39, 0.29) is 0 Å². The Morgan fingerprint density at radius 3 is 2.23 bits per heavy atom. The van der Waals surface area contributed by atoms with Crippen molar-refractivity contribution in [3.8, 4) is 22.6 Å². The lowest BCUT2D eigenvalue weighted by molar-refractivity contribution is 0.626. The monoisotopic (exact) mass is 460 g/mol. The Kier molecular flexibility index (Phi) is 4.99. The standard InChI is InChI=1S/C31H28N2O2/c1-17(2)21-8-6-9-22(18(3)4)27(21)26-16-20-14-15-32-28(29(20)34-26)25-11-7-10-23-24-13-12-19(5)33-31(24)35-30(23)25/h6-18H,1-5H3. The number of benzene rings is 2. The fourth-order valence-corrected chi connectivity index (χ4v) is 5.07. The van der Waals surface area contributed by atoms with Crippen LogP contribution in [0.5, 0.6) is 0 Å². The molecule has 4 nitrogen and oxygen atoms in total. The van der Waals surface area contributed by atoms with E-state index in [0.29, 0.717) is 17.5 Å². The first-order chi connectivity index (χ1) is 16.9. The highest BCUT2D eigenvalue weighted by Gasteiger charge is 2.22. The molecule has 0 bridgehead atoms. The Bertz CT molecular complexity index is 1690. The van der Waals surface area contributed by atoms with Crippen molar-refractivity contribution >= 4 is 33.0 Å². The number of hydrogen-bond acceptors (Lipinski definition) is 4. The van der Waals surface area contributed by atoms with Crippen LogP contribution in [0.2, 0.25) is 0 Å². The van der Waals surface area contributed by atoms with Crippen molar-refractivity contribution in [2.24, 2.45) is 0 Å². The normalized spacial score (nSPS) is 12.1. The Morgan fingerprint density at radius 1 is 0.743 bits per heavy atom. The number of furan rings is 2. The molecule has 4 aromatic heterocycles. The predicted molar refractivity (Wildman–Crippen MR) is 143 cm³/mol. The van der Waals surface area contributed by atoms with E-state index in [1.165, 1.54) is 16.7 Å². The van der Waals surface area contributed by atoms with Gasteiger partial charge >= 0.3 is 0 Å². The van der Waals surface area contributed by atoms with Crippen molar-refractivity contribution in [1.82, 2.24) is 9.97 Å². The molecular weight excluding hydrogens is 432 g/mol. The van der Waals surface area contributed by atoms with E-state index >= 15 is 0 Å². The molecule has 0 unspecified atom stereocenters. The van der Waals surface area contributed by atoms with Gasteiger partial charge in [-0.2, -0.15) is 0 Å². The van der Waals surface area contributed by atoms with E-state index in [1.54, 1.807) is 0 Å². The molecule has 0 aliphatic heterocycles. The summed E-state index contributed by atoms with van der Waals surface area (Å²) in [6.07, 6.45) is 1.85. The van der Waals surface area contributed by atoms with Crippen LogP contribution >= 0.6 is 0 Å². The van der Waals surface area contributed by atoms with Gasteiger partial charge in [-0.15, -0.1) is 0 Å². The van der Waals surface area contributed by atoms with Crippen LogP contribution in [0.1, 0.15) is 56.4 Å². The van der Waals surface area contributed by atoms with E-state index in [9.17, 15) is 0 Å². The van der Waals surface area contributed by atoms with Gasteiger partial charge in [-0.05, 0) is 60.2 Å². The predicted octanol–water partition coefficient (Wildman–Crippen LogP) is 9.01. The fourth-order valence-electron chi connectivity index (χ4n) is 5.07. The summed E-state index contributed by atoms with van der Waals surface area (Å²) >= 11 is 0. The minimum atomic E-state index is 0.384. The van der Waals surface area contributed by atoms with Gasteiger partial charge in [0.05, 0.1) is 0 Å². The molecular formula is C31H28N2O2. The van der Waals surface area contributed by atoms with E-state index < -0.39 is 0 Å². The van der Waals surface area contributed by atoms with Crippen LogP contribution in [0.4, 0.5) is 0 Å². The van der Waals surface area contributed by atoms with Crippen LogP contribution in [0, 0.1) is 6.92 Å². The van der Waals surface area contributed by atoms with Crippen LogP contribution in [0.25, 0.3) is 55.6 Å². The molecule has 0 fully saturated rings. The van der Waals surface area contributed by atoms with Gasteiger partial charge in [-0.3, -0.25) is 4.98 Å². The maximum atomic E-state index is 6.64. The van der Waals surface area contributed by atoms with Crippen LogP contribution in [-0.2, 0) is 0 Å². The summed E-state index contributed by atoms with van der Waals surface area (Å²) in [5.74, 6) is 1.65. The maximum Gasteiger partial charge on any atom is 0.227 e. The number of aromatic nitrogens is 2. The van der Waals surface area contributed by atoms with E-state index in [2.05, 4.69) is 69.1 Å². The summed E-state index contributed by atoms with van der Waals surface area (Å²) in [6.45, 7) is 10.9. The number of fused-ring (bicyclic) bond motifs is 4. The van der Waals surface area contributed by atoms with Crippen molar-refractivity contribution < 1.29 is 8.83 Å². The molecule has 4 heteroatoms. The number of pyridine rings is 2. The minimum Gasteiger partial charge on any atom is -0.454 e. The topological polar surface area (TPSA) is 52.1 Å². The summed E-state index contributed by atoms with van der Waals surface area (Å²) in [5, 5.41) is 3.07. The number of hydrogen-bond donors (Lipinski definition) is 0. The summed E-state index contributed by atoms with van der Waals surface area (Å²) in [4.78, 5) is 9.36. The third kappa shape index (κ3) is 3.44. The fraction of sp³-hybridized carbons (Fsp3) is 0.226. The van der Waals surface area contributed by atoms with Gasteiger partial charge in [0.15, 0.2) is 5.58 Å². The second kappa shape index (κ2) is 8.09. The molecule has 0 aliphatic rings. The second-order valence-electron chi connectivity index (χ2n) is 9.90. The van der Waals surface area contributed by atoms with Crippen LogP contribution in [0.3, 0.4) is 0 Å². The van der Waals surface area contributed by atoms with Gasteiger partial charge in [-0.25, -0.2) is 4.98 Å². The molecule has 6 rings (SSSR count). The maximum absolute atomic E-state index is 6.64. The van der Waals surface area contributed by atoms with Gasteiger partial charge in [0.25, 0.3) is 0 Å². The van der Waals surface area contributed by atoms with Gasteiger partial charge in [0.1, 0.15) is 17.0 Å². The Labute approximate surface area is 204 Å². The van der Waals surface area contributed by atoms with Crippen molar-refractivity contribution in [2.75, 3.05) is 0 Å². The molecule has 0 aliphatic carbocycles. The molecule has 0 saturated carbocycles. The lowest BCUT2D eigenvalue weighted by Gasteiger charge is -2.18. The summed E-state index contributed by atoms with van der Waals surface area (Å²) in [6, 6.07) is 21.0. The number of nitrogens with zero attached hydrogens (tertiary/aromatic N) is 2. The summed E-state index contributed by atoms with van der Waals surface area (Å²) in [7, 11) is 0. The molecule has 2 aromatic carbocycles. The lowest BCUT2D eigenvalue weighted by Crippen LogP contribution is -1.98. The third-order valence-electron chi connectivity index (χ3n) is 6.81. The molecule has 174 valence electrons.